The Labute approximate surface area is 144 Å². The molecule has 0 atom stereocenters. The largest absolute Gasteiger partial charge is 0.352 e. The van der Waals surface area contributed by atoms with Crippen molar-refractivity contribution >= 4 is 24.2 Å². The summed E-state index contributed by atoms with van der Waals surface area (Å²) in [7, 11) is 0. The molecule has 0 saturated carbocycles. The van der Waals surface area contributed by atoms with Gasteiger partial charge in [-0.25, -0.2) is 0 Å². The summed E-state index contributed by atoms with van der Waals surface area (Å²) in [6, 6.07) is 6.77. The molecule has 23 heavy (non-hydrogen) atoms. The highest BCUT2D eigenvalue weighted by Gasteiger charge is 2.18. The first kappa shape index (κ1) is 19.5. The summed E-state index contributed by atoms with van der Waals surface area (Å²) in [5.41, 5.74) is 1.20. The van der Waals surface area contributed by atoms with Gasteiger partial charge in [0.2, 0.25) is 0 Å². The van der Waals surface area contributed by atoms with E-state index in [1.165, 1.54) is 0 Å². The molecule has 128 valence electrons. The van der Waals surface area contributed by atoms with E-state index in [9.17, 15) is 9.59 Å². The van der Waals surface area contributed by atoms with E-state index < -0.39 is 0 Å². The van der Waals surface area contributed by atoms with Crippen molar-refractivity contribution in [2.45, 2.75) is 20.8 Å². The Morgan fingerprint density at radius 2 is 1.52 bits per heavy atom. The molecule has 0 unspecified atom stereocenters. The van der Waals surface area contributed by atoms with E-state index in [1.807, 2.05) is 0 Å². The highest BCUT2D eigenvalue weighted by atomic mass is 35.5. The van der Waals surface area contributed by atoms with E-state index in [-0.39, 0.29) is 29.6 Å². The Balaban J connectivity index is 0.00000264. The lowest BCUT2D eigenvalue weighted by atomic mass is 9.97. The van der Waals surface area contributed by atoms with Crippen molar-refractivity contribution in [1.82, 2.24) is 16.0 Å². The molecule has 5 nitrogen and oxygen atoms in total. The smallest absolute Gasteiger partial charge is 0.251 e. The van der Waals surface area contributed by atoms with Crippen molar-refractivity contribution in [3.63, 3.8) is 0 Å². The second-order valence-corrected chi connectivity index (χ2v) is 7.05. The number of hydrogen-bond donors (Lipinski definition) is 3. The van der Waals surface area contributed by atoms with E-state index in [2.05, 4.69) is 36.7 Å². The van der Waals surface area contributed by atoms with E-state index in [1.54, 1.807) is 24.3 Å². The van der Waals surface area contributed by atoms with Crippen LogP contribution >= 0.6 is 12.4 Å². The van der Waals surface area contributed by atoms with Crippen LogP contribution in [0.1, 0.15) is 41.5 Å². The molecule has 0 spiro atoms. The number of benzene rings is 1. The molecule has 2 rings (SSSR count). The summed E-state index contributed by atoms with van der Waals surface area (Å²) in [5.74, 6) is 0.336. The lowest BCUT2D eigenvalue weighted by molar-refractivity contribution is 0.0929. The van der Waals surface area contributed by atoms with Gasteiger partial charge in [-0.3, -0.25) is 9.59 Å². The molecule has 1 fully saturated rings. The van der Waals surface area contributed by atoms with Gasteiger partial charge in [0, 0.05) is 43.2 Å². The molecule has 1 aromatic rings. The summed E-state index contributed by atoms with van der Waals surface area (Å²) in [5, 5.41) is 8.98. The van der Waals surface area contributed by atoms with Crippen LogP contribution in [0, 0.1) is 11.3 Å². The van der Waals surface area contributed by atoms with Crippen LogP contribution < -0.4 is 16.0 Å². The fourth-order valence-electron chi connectivity index (χ4n) is 2.05. The van der Waals surface area contributed by atoms with Gasteiger partial charge in [0.25, 0.3) is 11.8 Å². The number of amides is 2. The molecule has 2 amide bonds. The van der Waals surface area contributed by atoms with Gasteiger partial charge in [-0.15, -0.1) is 12.4 Å². The fourth-order valence-corrected chi connectivity index (χ4v) is 2.05. The van der Waals surface area contributed by atoms with Crippen molar-refractivity contribution in [3.8, 4) is 0 Å². The Bertz CT molecular complexity index is 534. The van der Waals surface area contributed by atoms with E-state index in [0.717, 1.165) is 13.1 Å². The molecule has 1 aliphatic heterocycles. The zero-order chi connectivity index (χ0) is 16.2. The molecule has 0 aromatic heterocycles. The van der Waals surface area contributed by atoms with Crippen LogP contribution in [-0.2, 0) is 0 Å². The third kappa shape index (κ3) is 6.20. The van der Waals surface area contributed by atoms with Gasteiger partial charge >= 0.3 is 0 Å². The maximum Gasteiger partial charge on any atom is 0.251 e. The first-order valence-electron chi connectivity index (χ1n) is 7.72. The van der Waals surface area contributed by atoms with Crippen molar-refractivity contribution < 1.29 is 9.59 Å². The first-order valence-corrected chi connectivity index (χ1v) is 7.72. The number of carbonyl (C=O) groups is 2. The molecule has 3 N–H and O–H groups in total. The minimum Gasteiger partial charge on any atom is -0.352 e. The topological polar surface area (TPSA) is 70.2 Å². The van der Waals surface area contributed by atoms with Crippen LogP contribution in [0.4, 0.5) is 0 Å². The molecule has 1 aromatic carbocycles. The van der Waals surface area contributed by atoms with E-state index >= 15 is 0 Å². The van der Waals surface area contributed by atoms with Crippen LogP contribution in [0.2, 0.25) is 0 Å². The lowest BCUT2D eigenvalue weighted by Gasteiger charge is -2.27. The summed E-state index contributed by atoms with van der Waals surface area (Å²) < 4.78 is 0. The summed E-state index contributed by atoms with van der Waals surface area (Å²) in [6.45, 7) is 9.44. The quantitative estimate of drug-likeness (QED) is 0.766. The second kappa shape index (κ2) is 8.31. The van der Waals surface area contributed by atoms with Gasteiger partial charge in [-0.2, -0.15) is 0 Å². The number of hydrogen-bond acceptors (Lipinski definition) is 3. The standard InChI is InChI=1S/C17H25N3O2.ClH/c1-17(2,3)11-20-16(22)14-6-4-13(5-7-14)15(21)19-10-12-8-18-9-12;/h4-7,12,18H,8-11H2,1-3H3,(H,19,21)(H,20,22);1H. The van der Waals surface area contributed by atoms with Crippen LogP contribution in [0.25, 0.3) is 0 Å². The zero-order valence-corrected chi connectivity index (χ0v) is 14.8. The van der Waals surface area contributed by atoms with Crippen molar-refractivity contribution in [2.24, 2.45) is 11.3 Å². The van der Waals surface area contributed by atoms with E-state index in [0.29, 0.717) is 30.1 Å². The fraction of sp³-hybridized carbons (Fsp3) is 0.529. The normalized spacial score (nSPS) is 14.4. The molecule has 1 saturated heterocycles. The minimum atomic E-state index is -0.109. The molecule has 6 heteroatoms. The van der Waals surface area contributed by atoms with Crippen molar-refractivity contribution in [1.29, 1.82) is 0 Å². The molecule has 0 bridgehead atoms. The van der Waals surface area contributed by atoms with Gasteiger partial charge in [0.15, 0.2) is 0 Å². The summed E-state index contributed by atoms with van der Waals surface area (Å²) >= 11 is 0. The maximum atomic E-state index is 12.0. The molecule has 0 aliphatic carbocycles. The molecular weight excluding hydrogens is 314 g/mol. The summed E-state index contributed by atoms with van der Waals surface area (Å²) in [4.78, 5) is 24.0. The third-order valence-electron chi connectivity index (χ3n) is 3.61. The van der Waals surface area contributed by atoms with Gasteiger partial charge in [-0.1, -0.05) is 20.8 Å². The minimum absolute atomic E-state index is 0. The Morgan fingerprint density at radius 3 is 1.91 bits per heavy atom. The van der Waals surface area contributed by atoms with E-state index in [4.69, 9.17) is 0 Å². The van der Waals surface area contributed by atoms with Gasteiger partial charge in [0.1, 0.15) is 0 Å². The molecule has 1 heterocycles. The predicted molar refractivity (Wildman–Crippen MR) is 94.2 cm³/mol. The Hall–Kier alpha value is -1.59. The highest BCUT2D eigenvalue weighted by molar-refractivity contribution is 5.97. The SMILES string of the molecule is CC(C)(C)CNC(=O)c1ccc(C(=O)NCC2CNC2)cc1.Cl. The number of nitrogens with one attached hydrogen (secondary N) is 3. The summed E-state index contributed by atoms with van der Waals surface area (Å²) in [6.07, 6.45) is 0. The lowest BCUT2D eigenvalue weighted by Crippen LogP contribution is -2.48. The monoisotopic (exact) mass is 339 g/mol. The molecule has 1 aliphatic rings. The molecular formula is C17H26ClN3O2. The zero-order valence-electron chi connectivity index (χ0n) is 13.9. The van der Waals surface area contributed by atoms with Crippen LogP contribution in [0.3, 0.4) is 0 Å². The Morgan fingerprint density at radius 1 is 1.04 bits per heavy atom. The maximum absolute atomic E-state index is 12.0. The van der Waals surface area contributed by atoms with Gasteiger partial charge in [0.05, 0.1) is 0 Å². The predicted octanol–water partition coefficient (Wildman–Crippen LogP) is 1.83. The Kier molecular flexibility index (Phi) is 7.03. The average Bonchev–Trinajstić information content (AvgIpc) is 2.42. The van der Waals surface area contributed by atoms with Crippen LogP contribution in [-0.4, -0.2) is 38.0 Å². The van der Waals surface area contributed by atoms with Gasteiger partial charge in [-0.05, 0) is 29.7 Å². The van der Waals surface area contributed by atoms with Gasteiger partial charge < -0.3 is 16.0 Å². The average molecular weight is 340 g/mol. The van der Waals surface area contributed by atoms with Crippen LogP contribution in [0.5, 0.6) is 0 Å². The van der Waals surface area contributed by atoms with Crippen LogP contribution in [0.15, 0.2) is 24.3 Å². The third-order valence-corrected chi connectivity index (χ3v) is 3.61. The number of carbonyl (C=O) groups excluding carboxylic acids is 2. The van der Waals surface area contributed by atoms with Crippen molar-refractivity contribution in [2.75, 3.05) is 26.2 Å². The first-order chi connectivity index (χ1) is 10.3. The number of rotatable bonds is 5. The highest BCUT2D eigenvalue weighted by Crippen LogP contribution is 2.11. The number of halogens is 1. The molecule has 0 radical (unpaired) electrons. The van der Waals surface area contributed by atoms with Crippen molar-refractivity contribution in [3.05, 3.63) is 35.4 Å². The second-order valence-electron chi connectivity index (χ2n) is 7.05.